The molecule has 2 nitrogen and oxygen atoms in total. The van der Waals surface area contributed by atoms with Gasteiger partial charge in [0.2, 0.25) is 4.84 Å². The van der Waals surface area contributed by atoms with Gasteiger partial charge < -0.3 is 4.74 Å². The first kappa shape index (κ1) is 21.3. The van der Waals surface area contributed by atoms with Crippen LogP contribution in [0.2, 0.25) is 0 Å². The van der Waals surface area contributed by atoms with Crippen LogP contribution < -0.4 is 0 Å². The quantitative estimate of drug-likeness (QED) is 0.205. The number of carbonyl (C=O) groups excluding carboxylic acids is 1. The third-order valence-electron chi connectivity index (χ3n) is 3.16. The van der Waals surface area contributed by atoms with Gasteiger partial charge in [0, 0.05) is 0 Å². The molecule has 0 N–H and O–H groups in total. The standard InChI is InChI=1S/C18H28Cl2O2/c1-14(2)8-5-9-15(3)10-6-11-16(4)12-7-13-22-18(21)17(19)20/h8,10,12,17H,5-7,9,11,13H2,1-4H3/b15-10+,16-12+. The molecule has 0 rings (SSSR count). The summed E-state index contributed by atoms with van der Waals surface area (Å²) in [5.74, 6) is -0.579. The average molecular weight is 347 g/mol. The van der Waals surface area contributed by atoms with Gasteiger partial charge in [0.1, 0.15) is 0 Å². The normalized spacial score (nSPS) is 12.5. The lowest BCUT2D eigenvalue weighted by Crippen LogP contribution is -2.12. The highest BCUT2D eigenvalue weighted by Crippen LogP contribution is 2.12. The fourth-order valence-corrected chi connectivity index (χ4v) is 1.99. The van der Waals surface area contributed by atoms with E-state index < -0.39 is 10.8 Å². The van der Waals surface area contributed by atoms with Crippen molar-refractivity contribution < 1.29 is 9.53 Å². The molecule has 0 spiro atoms. The molecule has 22 heavy (non-hydrogen) atoms. The number of hydrogen-bond donors (Lipinski definition) is 0. The van der Waals surface area contributed by atoms with Crippen LogP contribution in [0.3, 0.4) is 0 Å². The summed E-state index contributed by atoms with van der Waals surface area (Å²) in [6.07, 6.45) is 11.7. The molecule has 0 aromatic heterocycles. The number of rotatable bonds is 10. The number of carbonyl (C=O) groups is 1. The van der Waals surface area contributed by atoms with Crippen LogP contribution in [-0.2, 0) is 9.53 Å². The zero-order valence-electron chi connectivity index (χ0n) is 14.1. The zero-order valence-corrected chi connectivity index (χ0v) is 15.6. The van der Waals surface area contributed by atoms with E-state index in [0.717, 1.165) is 25.7 Å². The minimum Gasteiger partial charge on any atom is -0.463 e. The third-order valence-corrected chi connectivity index (χ3v) is 3.51. The number of hydrogen-bond acceptors (Lipinski definition) is 2. The van der Waals surface area contributed by atoms with Crippen LogP contribution in [0.5, 0.6) is 0 Å². The van der Waals surface area contributed by atoms with Gasteiger partial charge >= 0.3 is 5.97 Å². The van der Waals surface area contributed by atoms with Gasteiger partial charge in [-0.05, 0) is 59.8 Å². The molecule has 0 heterocycles. The summed E-state index contributed by atoms with van der Waals surface area (Å²) in [6.45, 7) is 8.87. The monoisotopic (exact) mass is 346 g/mol. The number of halogens is 2. The molecule has 126 valence electrons. The summed E-state index contributed by atoms with van der Waals surface area (Å²) in [5, 5.41) is 0. The largest absolute Gasteiger partial charge is 0.463 e. The maximum atomic E-state index is 11.0. The molecule has 0 aliphatic rings. The maximum Gasteiger partial charge on any atom is 0.339 e. The highest BCUT2D eigenvalue weighted by Gasteiger charge is 2.11. The summed E-state index contributed by atoms with van der Waals surface area (Å²) >= 11 is 10.8. The van der Waals surface area contributed by atoms with Gasteiger partial charge in [-0.25, -0.2) is 4.79 Å². The molecule has 0 radical (unpaired) electrons. The Morgan fingerprint density at radius 1 is 0.909 bits per heavy atom. The molecule has 0 amide bonds. The summed E-state index contributed by atoms with van der Waals surface area (Å²) in [5.41, 5.74) is 4.12. The van der Waals surface area contributed by atoms with Crippen LogP contribution in [0.25, 0.3) is 0 Å². The van der Waals surface area contributed by atoms with Crippen molar-refractivity contribution in [3.05, 3.63) is 34.9 Å². The van der Waals surface area contributed by atoms with Crippen molar-refractivity contribution in [2.24, 2.45) is 0 Å². The molecular formula is C18H28Cl2O2. The Labute approximate surface area is 145 Å². The van der Waals surface area contributed by atoms with Crippen LogP contribution in [0.15, 0.2) is 34.9 Å². The van der Waals surface area contributed by atoms with Gasteiger partial charge in [-0.15, -0.1) is 0 Å². The summed E-state index contributed by atoms with van der Waals surface area (Å²) in [7, 11) is 0. The van der Waals surface area contributed by atoms with E-state index in [1.807, 2.05) is 0 Å². The van der Waals surface area contributed by atoms with Gasteiger partial charge in [-0.3, -0.25) is 0 Å². The molecule has 0 saturated carbocycles. The van der Waals surface area contributed by atoms with Crippen LogP contribution >= 0.6 is 23.2 Å². The lowest BCUT2D eigenvalue weighted by atomic mass is 10.1. The SMILES string of the molecule is CC(C)=CCC/C(C)=C/CC/C(C)=C/CCOC(=O)C(Cl)Cl. The molecule has 0 aliphatic carbocycles. The molecule has 0 aromatic rings. The van der Waals surface area contributed by atoms with Crippen LogP contribution in [-0.4, -0.2) is 17.4 Å². The number of allylic oxidation sites excluding steroid dienone is 5. The van der Waals surface area contributed by atoms with Gasteiger partial charge in [0.25, 0.3) is 0 Å². The molecule has 0 atom stereocenters. The molecule has 0 bridgehead atoms. The molecule has 0 aliphatic heterocycles. The Bertz CT molecular complexity index is 417. The predicted octanol–water partition coefficient (Wildman–Crippen LogP) is 6.14. The topological polar surface area (TPSA) is 26.3 Å². The predicted molar refractivity (Wildman–Crippen MR) is 96.5 cm³/mol. The van der Waals surface area contributed by atoms with E-state index in [0.29, 0.717) is 13.0 Å². The van der Waals surface area contributed by atoms with Crippen LogP contribution in [0.1, 0.15) is 59.8 Å². The van der Waals surface area contributed by atoms with E-state index in [1.165, 1.54) is 16.7 Å². The van der Waals surface area contributed by atoms with E-state index in [2.05, 4.69) is 45.9 Å². The summed E-state index contributed by atoms with van der Waals surface area (Å²) in [6, 6.07) is 0. The first-order valence-electron chi connectivity index (χ1n) is 7.72. The van der Waals surface area contributed by atoms with Crippen molar-refractivity contribution in [2.75, 3.05) is 6.61 Å². The number of ether oxygens (including phenoxy) is 1. The molecule has 0 aromatic carbocycles. The molecule has 0 saturated heterocycles. The Morgan fingerprint density at radius 3 is 1.91 bits per heavy atom. The Kier molecular flexibility index (Phi) is 12.4. The Morgan fingerprint density at radius 2 is 1.41 bits per heavy atom. The second-order valence-corrected chi connectivity index (χ2v) is 6.81. The van der Waals surface area contributed by atoms with Crippen molar-refractivity contribution in [3.8, 4) is 0 Å². The van der Waals surface area contributed by atoms with E-state index in [-0.39, 0.29) is 0 Å². The number of esters is 1. The van der Waals surface area contributed by atoms with Crippen molar-refractivity contribution in [1.29, 1.82) is 0 Å². The summed E-state index contributed by atoms with van der Waals surface area (Å²) in [4.78, 5) is 9.95. The van der Waals surface area contributed by atoms with Gasteiger partial charge in [-0.1, -0.05) is 58.1 Å². The molecular weight excluding hydrogens is 319 g/mol. The Balaban J connectivity index is 3.87. The van der Waals surface area contributed by atoms with Crippen molar-refractivity contribution in [3.63, 3.8) is 0 Å². The van der Waals surface area contributed by atoms with Crippen LogP contribution in [0.4, 0.5) is 0 Å². The first-order chi connectivity index (χ1) is 10.3. The van der Waals surface area contributed by atoms with Crippen LogP contribution in [0, 0.1) is 0 Å². The second-order valence-electron chi connectivity index (χ2n) is 5.72. The fraction of sp³-hybridized carbons (Fsp3) is 0.611. The molecule has 0 unspecified atom stereocenters. The first-order valence-corrected chi connectivity index (χ1v) is 8.59. The number of alkyl halides is 2. The minimum absolute atomic E-state index is 0.323. The molecule has 4 heteroatoms. The fourth-order valence-electron chi connectivity index (χ4n) is 1.87. The van der Waals surface area contributed by atoms with E-state index in [1.54, 1.807) is 0 Å². The van der Waals surface area contributed by atoms with E-state index >= 15 is 0 Å². The van der Waals surface area contributed by atoms with E-state index in [9.17, 15) is 4.79 Å². The zero-order chi connectivity index (χ0) is 17.0. The van der Waals surface area contributed by atoms with Gasteiger partial charge in [0.05, 0.1) is 6.61 Å². The molecule has 0 fully saturated rings. The maximum absolute atomic E-state index is 11.0. The third kappa shape index (κ3) is 13.0. The summed E-state index contributed by atoms with van der Waals surface area (Å²) < 4.78 is 4.90. The highest BCUT2D eigenvalue weighted by molar-refractivity contribution is 6.52. The Hall–Kier alpha value is -0.730. The van der Waals surface area contributed by atoms with Crippen molar-refractivity contribution >= 4 is 29.2 Å². The van der Waals surface area contributed by atoms with E-state index in [4.69, 9.17) is 27.9 Å². The minimum atomic E-state index is -1.09. The van der Waals surface area contributed by atoms with Crippen molar-refractivity contribution in [1.82, 2.24) is 0 Å². The van der Waals surface area contributed by atoms with Gasteiger partial charge in [0.15, 0.2) is 0 Å². The smallest absolute Gasteiger partial charge is 0.339 e. The second kappa shape index (κ2) is 12.8. The lowest BCUT2D eigenvalue weighted by molar-refractivity contribution is -0.141. The lowest BCUT2D eigenvalue weighted by Gasteiger charge is -2.04. The van der Waals surface area contributed by atoms with Crippen molar-refractivity contribution in [2.45, 2.75) is 64.6 Å². The highest BCUT2D eigenvalue weighted by atomic mass is 35.5. The van der Waals surface area contributed by atoms with Gasteiger partial charge in [-0.2, -0.15) is 0 Å². The average Bonchev–Trinajstić information content (AvgIpc) is 2.42.